The zero-order valence-electron chi connectivity index (χ0n) is 11.3. The Morgan fingerprint density at radius 2 is 2.21 bits per heavy atom. The number of phenols is 1. The standard InChI is InChI=1S/C14H20FNO3/c1-18-11-7-10(6-9-4-3-5-16-8-9)13(17)12(15)14(11)19-2/h7,9,16-17H,3-6,8H2,1-2H3. The van der Waals surface area contributed by atoms with Gasteiger partial charge in [0.05, 0.1) is 14.2 Å². The van der Waals surface area contributed by atoms with E-state index >= 15 is 0 Å². The molecule has 0 bridgehead atoms. The van der Waals surface area contributed by atoms with Crippen LogP contribution in [0.4, 0.5) is 4.39 Å². The molecule has 2 N–H and O–H groups in total. The van der Waals surface area contributed by atoms with Gasteiger partial charge in [0.2, 0.25) is 11.6 Å². The van der Waals surface area contributed by atoms with E-state index in [1.807, 2.05) is 0 Å². The first-order chi connectivity index (χ1) is 9.17. The topological polar surface area (TPSA) is 50.7 Å². The van der Waals surface area contributed by atoms with Crippen LogP contribution in [0.15, 0.2) is 6.07 Å². The molecule has 4 nitrogen and oxygen atoms in total. The summed E-state index contributed by atoms with van der Waals surface area (Å²) in [7, 11) is 2.81. The lowest BCUT2D eigenvalue weighted by atomic mass is 9.91. The molecule has 1 unspecified atom stereocenters. The quantitative estimate of drug-likeness (QED) is 0.879. The Kier molecular flexibility index (Phi) is 4.47. The summed E-state index contributed by atoms with van der Waals surface area (Å²) in [4.78, 5) is 0. The first-order valence-corrected chi connectivity index (χ1v) is 6.50. The second kappa shape index (κ2) is 6.10. The fraction of sp³-hybridized carbons (Fsp3) is 0.571. The van der Waals surface area contributed by atoms with Crippen LogP contribution in [-0.4, -0.2) is 32.4 Å². The van der Waals surface area contributed by atoms with Gasteiger partial charge in [0.1, 0.15) is 0 Å². The predicted molar refractivity (Wildman–Crippen MR) is 70.5 cm³/mol. The van der Waals surface area contributed by atoms with E-state index in [2.05, 4.69) is 5.32 Å². The van der Waals surface area contributed by atoms with Crippen LogP contribution in [0, 0.1) is 11.7 Å². The molecule has 1 saturated heterocycles. The number of aromatic hydroxyl groups is 1. The van der Waals surface area contributed by atoms with E-state index in [1.54, 1.807) is 6.07 Å². The number of rotatable bonds is 4. The maximum Gasteiger partial charge on any atom is 0.210 e. The van der Waals surface area contributed by atoms with E-state index in [0.29, 0.717) is 23.7 Å². The van der Waals surface area contributed by atoms with Gasteiger partial charge in [0.25, 0.3) is 0 Å². The molecule has 1 aliphatic heterocycles. The first kappa shape index (κ1) is 13.9. The lowest BCUT2D eigenvalue weighted by molar-refractivity contribution is 0.320. The molecule has 1 aliphatic rings. The SMILES string of the molecule is COc1cc(CC2CCCNC2)c(O)c(F)c1OC. The number of hydrogen-bond acceptors (Lipinski definition) is 4. The van der Waals surface area contributed by atoms with Crippen LogP contribution >= 0.6 is 0 Å². The molecule has 2 rings (SSSR count). The van der Waals surface area contributed by atoms with Gasteiger partial charge in [0, 0.05) is 5.56 Å². The van der Waals surface area contributed by atoms with Gasteiger partial charge in [0.15, 0.2) is 11.5 Å². The van der Waals surface area contributed by atoms with Gasteiger partial charge in [-0.05, 0) is 44.3 Å². The molecular weight excluding hydrogens is 249 g/mol. The number of phenolic OH excluding ortho intramolecular Hbond substituents is 1. The molecule has 0 radical (unpaired) electrons. The van der Waals surface area contributed by atoms with Crippen molar-refractivity contribution in [1.29, 1.82) is 0 Å². The highest BCUT2D eigenvalue weighted by Gasteiger charge is 2.22. The van der Waals surface area contributed by atoms with Crippen LogP contribution in [0.3, 0.4) is 0 Å². The van der Waals surface area contributed by atoms with Crippen molar-refractivity contribution in [3.05, 3.63) is 17.4 Å². The lowest BCUT2D eigenvalue weighted by Crippen LogP contribution is -2.30. The fourth-order valence-corrected chi connectivity index (χ4v) is 2.56. The average molecular weight is 269 g/mol. The van der Waals surface area contributed by atoms with Crippen LogP contribution < -0.4 is 14.8 Å². The van der Waals surface area contributed by atoms with Crippen LogP contribution in [0.1, 0.15) is 18.4 Å². The Morgan fingerprint density at radius 1 is 1.42 bits per heavy atom. The number of benzene rings is 1. The van der Waals surface area contributed by atoms with E-state index in [9.17, 15) is 9.50 Å². The van der Waals surface area contributed by atoms with Crippen LogP contribution in [0.25, 0.3) is 0 Å². The minimum Gasteiger partial charge on any atom is -0.505 e. The van der Waals surface area contributed by atoms with Gasteiger partial charge >= 0.3 is 0 Å². The minimum absolute atomic E-state index is 0.0504. The van der Waals surface area contributed by atoms with Gasteiger partial charge in [-0.25, -0.2) is 0 Å². The van der Waals surface area contributed by atoms with Gasteiger partial charge in [-0.3, -0.25) is 0 Å². The Balaban J connectivity index is 2.26. The highest BCUT2D eigenvalue weighted by atomic mass is 19.1. The zero-order valence-corrected chi connectivity index (χ0v) is 11.3. The first-order valence-electron chi connectivity index (χ1n) is 6.50. The van der Waals surface area contributed by atoms with Gasteiger partial charge in [-0.2, -0.15) is 4.39 Å². The average Bonchev–Trinajstić information content (AvgIpc) is 2.45. The molecule has 1 fully saturated rings. The fourth-order valence-electron chi connectivity index (χ4n) is 2.56. The normalized spacial score (nSPS) is 19.2. The maximum absolute atomic E-state index is 14.0. The largest absolute Gasteiger partial charge is 0.505 e. The van der Waals surface area contributed by atoms with Gasteiger partial charge < -0.3 is 19.9 Å². The molecule has 1 aromatic rings. The molecular formula is C14H20FNO3. The summed E-state index contributed by atoms with van der Waals surface area (Å²) in [5.74, 6) is -0.400. The molecule has 0 aliphatic carbocycles. The van der Waals surface area contributed by atoms with Crippen molar-refractivity contribution >= 4 is 0 Å². The third kappa shape index (κ3) is 2.92. The number of methoxy groups -OCH3 is 2. The van der Waals surface area contributed by atoms with Crippen molar-refractivity contribution in [2.75, 3.05) is 27.3 Å². The molecule has 19 heavy (non-hydrogen) atoms. The van der Waals surface area contributed by atoms with Crippen molar-refractivity contribution in [3.8, 4) is 17.2 Å². The molecule has 0 spiro atoms. The van der Waals surface area contributed by atoms with Crippen molar-refractivity contribution in [3.63, 3.8) is 0 Å². The summed E-state index contributed by atoms with van der Waals surface area (Å²) in [5, 5.41) is 13.2. The minimum atomic E-state index is -0.749. The molecule has 5 heteroatoms. The second-order valence-electron chi connectivity index (χ2n) is 4.85. The van der Waals surface area contributed by atoms with Gasteiger partial charge in [-0.1, -0.05) is 0 Å². The monoisotopic (exact) mass is 269 g/mol. The summed E-state index contributed by atoms with van der Waals surface area (Å²) in [6, 6.07) is 1.66. The Morgan fingerprint density at radius 3 is 2.79 bits per heavy atom. The Labute approximate surface area is 112 Å². The third-order valence-corrected chi connectivity index (χ3v) is 3.57. The summed E-state index contributed by atoms with van der Waals surface area (Å²) in [6.45, 7) is 1.93. The lowest BCUT2D eigenvalue weighted by Gasteiger charge is -2.23. The van der Waals surface area contributed by atoms with E-state index in [4.69, 9.17) is 9.47 Å². The van der Waals surface area contributed by atoms with Crippen molar-refractivity contribution in [2.45, 2.75) is 19.3 Å². The third-order valence-electron chi connectivity index (χ3n) is 3.57. The summed E-state index contributed by atoms with van der Waals surface area (Å²) in [5.41, 5.74) is 0.573. The Bertz CT molecular complexity index is 445. The van der Waals surface area contributed by atoms with Crippen molar-refractivity contribution < 1.29 is 19.0 Å². The van der Waals surface area contributed by atoms with E-state index < -0.39 is 5.82 Å². The summed E-state index contributed by atoms with van der Waals surface area (Å²) >= 11 is 0. The van der Waals surface area contributed by atoms with E-state index in [0.717, 1.165) is 25.9 Å². The highest BCUT2D eigenvalue weighted by molar-refractivity contribution is 5.51. The number of halogens is 1. The van der Waals surface area contributed by atoms with Crippen LogP contribution in [0.5, 0.6) is 17.2 Å². The maximum atomic E-state index is 14.0. The van der Waals surface area contributed by atoms with E-state index in [-0.39, 0.29) is 11.5 Å². The number of piperidine rings is 1. The predicted octanol–water partition coefficient (Wildman–Crippen LogP) is 2.09. The number of ether oxygens (including phenoxy) is 2. The smallest absolute Gasteiger partial charge is 0.210 e. The number of nitrogens with one attached hydrogen (secondary N) is 1. The zero-order chi connectivity index (χ0) is 13.8. The van der Waals surface area contributed by atoms with Crippen LogP contribution in [0.2, 0.25) is 0 Å². The Hall–Kier alpha value is -1.49. The molecule has 0 saturated carbocycles. The second-order valence-corrected chi connectivity index (χ2v) is 4.85. The molecule has 1 heterocycles. The highest BCUT2D eigenvalue weighted by Crippen LogP contribution is 2.39. The summed E-state index contributed by atoms with van der Waals surface area (Å²) < 4.78 is 24.0. The van der Waals surface area contributed by atoms with Crippen molar-refractivity contribution in [2.24, 2.45) is 5.92 Å². The molecule has 0 amide bonds. The summed E-state index contributed by atoms with van der Waals surface area (Å²) in [6.07, 6.45) is 2.83. The van der Waals surface area contributed by atoms with Crippen molar-refractivity contribution in [1.82, 2.24) is 5.32 Å². The molecule has 0 aromatic heterocycles. The van der Waals surface area contributed by atoms with Gasteiger partial charge in [-0.15, -0.1) is 0 Å². The molecule has 106 valence electrons. The molecule has 1 atom stereocenters. The molecule has 1 aromatic carbocycles. The van der Waals surface area contributed by atoms with Crippen LogP contribution in [-0.2, 0) is 6.42 Å². The number of hydrogen-bond donors (Lipinski definition) is 2. The van der Waals surface area contributed by atoms with E-state index in [1.165, 1.54) is 14.2 Å².